The molecule has 0 saturated carbocycles. The Kier molecular flexibility index (Phi) is 2.98. The Labute approximate surface area is 114 Å². The molecule has 1 unspecified atom stereocenters. The van der Waals surface area contributed by atoms with Crippen molar-refractivity contribution in [2.24, 2.45) is 0 Å². The van der Waals surface area contributed by atoms with E-state index >= 15 is 0 Å². The molecule has 2 heterocycles. The van der Waals surface area contributed by atoms with Crippen LogP contribution in [0.5, 0.6) is 0 Å². The Morgan fingerprint density at radius 1 is 1.32 bits per heavy atom. The van der Waals surface area contributed by atoms with Gasteiger partial charge in [-0.1, -0.05) is 11.3 Å². The fourth-order valence-electron chi connectivity index (χ4n) is 1.90. The van der Waals surface area contributed by atoms with E-state index in [0.29, 0.717) is 5.52 Å². The molecule has 1 N–H and O–H groups in total. The quantitative estimate of drug-likeness (QED) is 0.764. The average molecular weight is 276 g/mol. The molecule has 0 aliphatic heterocycles. The molecule has 0 radical (unpaired) electrons. The second-order valence-corrected chi connectivity index (χ2v) is 5.48. The number of thiazole rings is 1. The highest BCUT2D eigenvalue weighted by molar-refractivity contribution is 7.22. The van der Waals surface area contributed by atoms with Crippen LogP contribution in [0.25, 0.3) is 10.2 Å². The fraction of sp³-hybridized carbons (Fsp3) is 0.214. The first-order chi connectivity index (χ1) is 9.11. The predicted molar refractivity (Wildman–Crippen MR) is 75.1 cm³/mol. The third-order valence-electron chi connectivity index (χ3n) is 2.88. The molecule has 0 amide bonds. The number of aryl methyl sites for hydroxylation is 1. The molecule has 3 aromatic rings. The minimum atomic E-state index is -0.265. The average Bonchev–Trinajstić information content (AvgIpc) is 2.94. The van der Waals surface area contributed by atoms with Gasteiger partial charge in [0.2, 0.25) is 0 Å². The minimum absolute atomic E-state index is 0.0270. The summed E-state index contributed by atoms with van der Waals surface area (Å²) in [4.78, 5) is 4.37. The van der Waals surface area contributed by atoms with E-state index < -0.39 is 0 Å². The highest BCUT2D eigenvalue weighted by Crippen LogP contribution is 2.29. The van der Waals surface area contributed by atoms with Crippen LogP contribution in [0, 0.1) is 12.7 Å². The van der Waals surface area contributed by atoms with E-state index in [1.807, 2.05) is 26.0 Å². The van der Waals surface area contributed by atoms with Gasteiger partial charge in [0.1, 0.15) is 17.3 Å². The van der Waals surface area contributed by atoms with E-state index in [1.165, 1.54) is 23.5 Å². The number of aromatic nitrogens is 1. The number of hydrogen-bond donors (Lipinski definition) is 1. The second kappa shape index (κ2) is 4.66. The lowest BCUT2D eigenvalue weighted by molar-refractivity contribution is 0.467. The summed E-state index contributed by atoms with van der Waals surface area (Å²) < 4.78 is 19.6. The van der Waals surface area contributed by atoms with Crippen LogP contribution in [-0.4, -0.2) is 4.98 Å². The third kappa shape index (κ3) is 2.46. The van der Waals surface area contributed by atoms with Crippen LogP contribution in [0.3, 0.4) is 0 Å². The van der Waals surface area contributed by atoms with Gasteiger partial charge in [-0.3, -0.25) is 0 Å². The van der Waals surface area contributed by atoms with Crippen LogP contribution in [0.2, 0.25) is 0 Å². The number of fused-ring (bicyclic) bond motifs is 1. The van der Waals surface area contributed by atoms with Crippen molar-refractivity contribution in [2.75, 3.05) is 5.32 Å². The lowest BCUT2D eigenvalue weighted by atomic mass is 10.2. The second-order valence-electron chi connectivity index (χ2n) is 4.45. The topological polar surface area (TPSA) is 38.1 Å². The molecule has 0 bridgehead atoms. The van der Waals surface area contributed by atoms with Crippen molar-refractivity contribution < 1.29 is 8.81 Å². The highest BCUT2D eigenvalue weighted by Gasteiger charge is 2.12. The van der Waals surface area contributed by atoms with E-state index in [1.54, 1.807) is 6.07 Å². The van der Waals surface area contributed by atoms with Crippen LogP contribution in [0.15, 0.2) is 34.7 Å². The van der Waals surface area contributed by atoms with Gasteiger partial charge in [0.05, 0.1) is 16.3 Å². The molecule has 0 aliphatic carbocycles. The lowest BCUT2D eigenvalue weighted by Crippen LogP contribution is -2.04. The van der Waals surface area contributed by atoms with Crippen LogP contribution < -0.4 is 5.32 Å². The first kappa shape index (κ1) is 12.2. The third-order valence-corrected chi connectivity index (χ3v) is 3.85. The summed E-state index contributed by atoms with van der Waals surface area (Å²) in [6.45, 7) is 3.92. The Hall–Kier alpha value is -1.88. The van der Waals surface area contributed by atoms with Gasteiger partial charge < -0.3 is 9.73 Å². The van der Waals surface area contributed by atoms with Crippen molar-refractivity contribution in [1.29, 1.82) is 0 Å². The smallest absolute Gasteiger partial charge is 0.184 e. The zero-order chi connectivity index (χ0) is 13.4. The van der Waals surface area contributed by atoms with Crippen LogP contribution >= 0.6 is 11.3 Å². The molecule has 1 aromatic carbocycles. The number of benzene rings is 1. The molecule has 0 saturated heterocycles. The largest absolute Gasteiger partial charge is 0.464 e. The summed E-state index contributed by atoms with van der Waals surface area (Å²) in [6, 6.07) is 8.54. The highest BCUT2D eigenvalue weighted by atomic mass is 32.1. The first-order valence-electron chi connectivity index (χ1n) is 6.01. The molecule has 3 rings (SSSR count). The standard InChI is InChI=1S/C14H13FN2OS/c1-8-3-5-12(18-8)9(2)16-14-17-11-7-10(15)4-6-13(11)19-14/h3-7,9H,1-2H3,(H,16,17). The van der Waals surface area contributed by atoms with Crippen molar-refractivity contribution in [1.82, 2.24) is 4.98 Å². The summed E-state index contributed by atoms with van der Waals surface area (Å²) >= 11 is 1.51. The van der Waals surface area contributed by atoms with Crippen molar-refractivity contribution in [3.05, 3.63) is 47.7 Å². The van der Waals surface area contributed by atoms with Crippen molar-refractivity contribution in [3.8, 4) is 0 Å². The van der Waals surface area contributed by atoms with Gasteiger partial charge in [-0.05, 0) is 38.1 Å². The normalized spacial score (nSPS) is 12.8. The Morgan fingerprint density at radius 2 is 2.16 bits per heavy atom. The summed E-state index contributed by atoms with van der Waals surface area (Å²) in [7, 11) is 0. The van der Waals surface area contributed by atoms with Crippen molar-refractivity contribution >= 4 is 26.7 Å². The van der Waals surface area contributed by atoms with Gasteiger partial charge in [-0.25, -0.2) is 9.37 Å². The maximum atomic E-state index is 13.1. The molecule has 1 atom stereocenters. The molecule has 2 aromatic heterocycles. The molecule has 0 fully saturated rings. The van der Waals surface area contributed by atoms with Crippen LogP contribution in [0.1, 0.15) is 24.5 Å². The van der Waals surface area contributed by atoms with Crippen LogP contribution in [0.4, 0.5) is 9.52 Å². The Bertz CT molecular complexity index is 719. The number of nitrogens with zero attached hydrogens (tertiary/aromatic N) is 1. The summed E-state index contributed by atoms with van der Waals surface area (Å²) in [5.74, 6) is 1.48. The number of halogens is 1. The van der Waals surface area contributed by atoms with Gasteiger partial charge in [-0.2, -0.15) is 0 Å². The Morgan fingerprint density at radius 3 is 2.89 bits per heavy atom. The van der Waals surface area contributed by atoms with E-state index in [-0.39, 0.29) is 11.9 Å². The van der Waals surface area contributed by atoms with Gasteiger partial charge in [0.25, 0.3) is 0 Å². The molecule has 98 valence electrons. The number of hydrogen-bond acceptors (Lipinski definition) is 4. The molecular weight excluding hydrogens is 263 g/mol. The molecule has 3 nitrogen and oxygen atoms in total. The molecule has 5 heteroatoms. The summed E-state index contributed by atoms with van der Waals surface area (Å²) in [6.07, 6.45) is 0. The minimum Gasteiger partial charge on any atom is -0.464 e. The zero-order valence-corrected chi connectivity index (χ0v) is 11.4. The maximum Gasteiger partial charge on any atom is 0.184 e. The predicted octanol–water partition coefficient (Wildman–Crippen LogP) is 4.51. The number of furan rings is 1. The Balaban J connectivity index is 1.85. The first-order valence-corrected chi connectivity index (χ1v) is 6.82. The van der Waals surface area contributed by atoms with Crippen molar-refractivity contribution in [2.45, 2.75) is 19.9 Å². The SMILES string of the molecule is Cc1ccc(C(C)Nc2nc3cc(F)ccc3s2)o1. The molecular formula is C14H13FN2OS. The fourth-order valence-corrected chi connectivity index (χ4v) is 2.84. The van der Waals surface area contributed by atoms with Gasteiger partial charge >= 0.3 is 0 Å². The van der Waals surface area contributed by atoms with Gasteiger partial charge in [0.15, 0.2) is 5.13 Å². The van der Waals surface area contributed by atoms with E-state index in [4.69, 9.17) is 4.42 Å². The van der Waals surface area contributed by atoms with Crippen molar-refractivity contribution in [3.63, 3.8) is 0 Å². The lowest BCUT2D eigenvalue weighted by Gasteiger charge is -2.09. The number of rotatable bonds is 3. The van der Waals surface area contributed by atoms with E-state index in [2.05, 4.69) is 10.3 Å². The molecule has 0 aliphatic rings. The molecule has 19 heavy (non-hydrogen) atoms. The van der Waals surface area contributed by atoms with Gasteiger partial charge in [0, 0.05) is 6.07 Å². The summed E-state index contributed by atoms with van der Waals surface area (Å²) in [5.41, 5.74) is 0.676. The van der Waals surface area contributed by atoms with E-state index in [9.17, 15) is 4.39 Å². The maximum absolute atomic E-state index is 13.1. The van der Waals surface area contributed by atoms with E-state index in [0.717, 1.165) is 21.4 Å². The molecule has 0 spiro atoms. The number of anilines is 1. The zero-order valence-electron chi connectivity index (χ0n) is 10.6. The van der Waals surface area contributed by atoms with Gasteiger partial charge in [-0.15, -0.1) is 0 Å². The summed E-state index contributed by atoms with van der Waals surface area (Å²) in [5, 5.41) is 4.04. The van der Waals surface area contributed by atoms with Crippen LogP contribution in [-0.2, 0) is 0 Å². The monoisotopic (exact) mass is 276 g/mol. The number of nitrogens with one attached hydrogen (secondary N) is 1.